The fraction of sp³-hybridized carbons (Fsp3) is 0.241. The lowest BCUT2D eigenvalue weighted by atomic mass is 10.0. The van der Waals surface area contributed by atoms with Gasteiger partial charge in [0, 0.05) is 5.56 Å². The first-order valence-corrected chi connectivity index (χ1v) is 11.1. The molecular weight excluding hydrogens is 426 g/mol. The first-order chi connectivity index (χ1) is 16.1. The van der Waals surface area contributed by atoms with Gasteiger partial charge in [-0.15, -0.1) is 0 Å². The van der Waals surface area contributed by atoms with Crippen LogP contribution in [0.3, 0.4) is 0 Å². The number of anilines is 1. The molecule has 0 bridgehead atoms. The van der Waals surface area contributed by atoms with E-state index < -0.39 is 11.6 Å². The predicted molar refractivity (Wildman–Crippen MR) is 137 cm³/mol. The van der Waals surface area contributed by atoms with E-state index in [-0.39, 0.29) is 5.91 Å². The Labute approximate surface area is 201 Å². The molecule has 0 aliphatic rings. The molecule has 176 valence electrons. The molecule has 5 nitrogen and oxygen atoms in total. The molecule has 0 fully saturated rings. The molecule has 3 rings (SSSR count). The molecule has 0 aliphatic heterocycles. The zero-order valence-corrected chi connectivity index (χ0v) is 20.6. The van der Waals surface area contributed by atoms with E-state index in [9.17, 15) is 9.59 Å². The van der Waals surface area contributed by atoms with Crippen LogP contribution < -0.4 is 10.1 Å². The SMILES string of the molecule is COc1cccc(C=Cc2ccc(C(=O)OC(C)(C)C)c(NC(=O)c3cccc(C)c3C)c2)c1. The average Bonchev–Trinajstić information content (AvgIpc) is 2.78. The van der Waals surface area contributed by atoms with E-state index in [2.05, 4.69) is 5.32 Å². The summed E-state index contributed by atoms with van der Waals surface area (Å²) in [4.78, 5) is 26.0. The number of hydrogen-bond donors (Lipinski definition) is 1. The summed E-state index contributed by atoms with van der Waals surface area (Å²) in [5, 5.41) is 2.92. The number of methoxy groups -OCH3 is 1. The zero-order chi connectivity index (χ0) is 24.9. The highest BCUT2D eigenvalue weighted by molar-refractivity contribution is 6.09. The summed E-state index contributed by atoms with van der Waals surface area (Å²) in [7, 11) is 1.63. The number of carbonyl (C=O) groups excluding carboxylic acids is 2. The van der Waals surface area contributed by atoms with Gasteiger partial charge in [-0.05, 0) is 87.2 Å². The minimum Gasteiger partial charge on any atom is -0.497 e. The second-order valence-electron chi connectivity index (χ2n) is 9.12. The van der Waals surface area contributed by atoms with E-state index in [0.717, 1.165) is 28.0 Å². The molecule has 0 aromatic heterocycles. The normalized spacial score (nSPS) is 11.4. The maximum atomic E-state index is 13.1. The third kappa shape index (κ3) is 6.35. The molecule has 0 radical (unpaired) electrons. The van der Waals surface area contributed by atoms with Gasteiger partial charge in [-0.25, -0.2) is 4.79 Å². The van der Waals surface area contributed by atoms with Crippen molar-refractivity contribution >= 4 is 29.7 Å². The fourth-order valence-corrected chi connectivity index (χ4v) is 3.40. The second kappa shape index (κ2) is 10.4. The van der Waals surface area contributed by atoms with Gasteiger partial charge in [-0.1, -0.05) is 42.5 Å². The van der Waals surface area contributed by atoms with E-state index in [1.807, 2.05) is 89.2 Å². The van der Waals surface area contributed by atoms with Crippen molar-refractivity contribution in [3.63, 3.8) is 0 Å². The Morgan fingerprint density at radius 2 is 1.53 bits per heavy atom. The molecule has 34 heavy (non-hydrogen) atoms. The van der Waals surface area contributed by atoms with Crippen molar-refractivity contribution in [1.29, 1.82) is 0 Å². The number of amides is 1. The lowest BCUT2D eigenvalue weighted by Crippen LogP contribution is -2.25. The first-order valence-electron chi connectivity index (χ1n) is 11.1. The van der Waals surface area contributed by atoms with Crippen LogP contribution in [0.2, 0.25) is 0 Å². The maximum Gasteiger partial charge on any atom is 0.340 e. The van der Waals surface area contributed by atoms with Crippen LogP contribution in [0.5, 0.6) is 5.75 Å². The fourth-order valence-electron chi connectivity index (χ4n) is 3.40. The van der Waals surface area contributed by atoms with Gasteiger partial charge < -0.3 is 14.8 Å². The highest BCUT2D eigenvalue weighted by Gasteiger charge is 2.22. The smallest absolute Gasteiger partial charge is 0.340 e. The van der Waals surface area contributed by atoms with Crippen LogP contribution in [0, 0.1) is 13.8 Å². The summed E-state index contributed by atoms with van der Waals surface area (Å²) in [6, 6.07) is 18.6. The largest absolute Gasteiger partial charge is 0.497 e. The summed E-state index contributed by atoms with van der Waals surface area (Å²) < 4.78 is 10.8. The molecule has 0 heterocycles. The number of aryl methyl sites for hydroxylation is 1. The highest BCUT2D eigenvalue weighted by atomic mass is 16.6. The molecule has 3 aromatic carbocycles. The van der Waals surface area contributed by atoms with Crippen LogP contribution in [0.4, 0.5) is 5.69 Å². The molecular formula is C29H31NO4. The summed E-state index contributed by atoms with van der Waals surface area (Å²) in [5.74, 6) is -0.00377. The molecule has 0 atom stereocenters. The summed E-state index contributed by atoms with van der Waals surface area (Å²) in [5.41, 5.74) is 4.31. The van der Waals surface area contributed by atoms with E-state index in [0.29, 0.717) is 16.8 Å². The van der Waals surface area contributed by atoms with Crippen LogP contribution in [0.15, 0.2) is 60.7 Å². The third-order valence-corrected chi connectivity index (χ3v) is 5.32. The number of carbonyl (C=O) groups is 2. The van der Waals surface area contributed by atoms with Gasteiger partial charge in [0.05, 0.1) is 18.4 Å². The van der Waals surface area contributed by atoms with Crippen molar-refractivity contribution in [2.45, 2.75) is 40.2 Å². The Morgan fingerprint density at radius 1 is 0.853 bits per heavy atom. The zero-order valence-electron chi connectivity index (χ0n) is 20.6. The van der Waals surface area contributed by atoms with Gasteiger partial charge in [0.2, 0.25) is 0 Å². The van der Waals surface area contributed by atoms with E-state index >= 15 is 0 Å². The summed E-state index contributed by atoms with van der Waals surface area (Å²) in [6.45, 7) is 9.30. The maximum absolute atomic E-state index is 13.1. The summed E-state index contributed by atoms with van der Waals surface area (Å²) >= 11 is 0. The van der Waals surface area contributed by atoms with Crippen molar-refractivity contribution in [1.82, 2.24) is 0 Å². The monoisotopic (exact) mass is 457 g/mol. The van der Waals surface area contributed by atoms with Crippen molar-refractivity contribution in [3.05, 3.63) is 94.0 Å². The Morgan fingerprint density at radius 3 is 2.21 bits per heavy atom. The number of esters is 1. The Balaban J connectivity index is 1.97. The van der Waals surface area contributed by atoms with Crippen molar-refractivity contribution in [3.8, 4) is 5.75 Å². The van der Waals surface area contributed by atoms with Gasteiger partial charge >= 0.3 is 5.97 Å². The average molecular weight is 458 g/mol. The van der Waals surface area contributed by atoms with Crippen LogP contribution in [-0.4, -0.2) is 24.6 Å². The van der Waals surface area contributed by atoms with E-state index in [4.69, 9.17) is 9.47 Å². The lowest BCUT2D eigenvalue weighted by Gasteiger charge is -2.21. The quantitative estimate of drug-likeness (QED) is 0.331. The number of ether oxygens (including phenoxy) is 2. The number of hydrogen-bond acceptors (Lipinski definition) is 4. The third-order valence-electron chi connectivity index (χ3n) is 5.32. The van der Waals surface area contributed by atoms with Gasteiger partial charge in [0.25, 0.3) is 5.91 Å². The first kappa shape index (κ1) is 24.8. The second-order valence-corrected chi connectivity index (χ2v) is 9.12. The van der Waals surface area contributed by atoms with Crippen LogP contribution in [-0.2, 0) is 4.74 Å². The van der Waals surface area contributed by atoms with E-state index in [1.54, 1.807) is 25.3 Å². The Bertz CT molecular complexity index is 1240. The molecule has 0 spiro atoms. The minimum absolute atomic E-state index is 0.278. The van der Waals surface area contributed by atoms with Crippen LogP contribution in [0.1, 0.15) is 63.7 Å². The molecule has 1 amide bonds. The number of nitrogens with one attached hydrogen (secondary N) is 1. The topological polar surface area (TPSA) is 64.6 Å². The lowest BCUT2D eigenvalue weighted by molar-refractivity contribution is 0.00707. The highest BCUT2D eigenvalue weighted by Crippen LogP contribution is 2.25. The Hall–Kier alpha value is -3.86. The molecule has 0 unspecified atom stereocenters. The molecule has 3 aromatic rings. The van der Waals surface area contributed by atoms with Gasteiger partial charge in [-0.3, -0.25) is 4.79 Å². The van der Waals surface area contributed by atoms with E-state index in [1.165, 1.54) is 0 Å². The van der Waals surface area contributed by atoms with Gasteiger partial charge in [-0.2, -0.15) is 0 Å². The standard InChI is InChI=1S/C29H31NO4/c1-19-9-7-12-24(20(19)2)27(31)30-26-18-22(14-13-21-10-8-11-23(17-21)33-6)15-16-25(26)28(32)34-29(3,4)5/h7-18H,1-6H3,(H,30,31). The molecule has 0 aliphatic carbocycles. The molecule has 5 heteroatoms. The summed E-state index contributed by atoms with van der Waals surface area (Å²) in [6.07, 6.45) is 3.86. The van der Waals surface area contributed by atoms with Crippen molar-refractivity contribution in [2.24, 2.45) is 0 Å². The van der Waals surface area contributed by atoms with Crippen LogP contribution in [0.25, 0.3) is 12.2 Å². The van der Waals surface area contributed by atoms with Crippen molar-refractivity contribution < 1.29 is 19.1 Å². The number of rotatable bonds is 6. The number of benzene rings is 3. The molecule has 0 saturated heterocycles. The molecule has 0 saturated carbocycles. The van der Waals surface area contributed by atoms with Gasteiger partial charge in [0.1, 0.15) is 11.4 Å². The minimum atomic E-state index is -0.656. The van der Waals surface area contributed by atoms with Crippen LogP contribution >= 0.6 is 0 Å². The van der Waals surface area contributed by atoms with Gasteiger partial charge in [0.15, 0.2) is 0 Å². The molecule has 1 N–H and O–H groups in total. The van der Waals surface area contributed by atoms with Crippen molar-refractivity contribution in [2.75, 3.05) is 12.4 Å². The Kier molecular flexibility index (Phi) is 7.57. The predicted octanol–water partition coefficient (Wildman–Crippen LogP) is 6.69.